The van der Waals surface area contributed by atoms with Crippen molar-refractivity contribution in [1.29, 1.82) is 0 Å². The highest BCUT2D eigenvalue weighted by Crippen LogP contribution is 2.42. The predicted octanol–water partition coefficient (Wildman–Crippen LogP) is 7.63. The summed E-state index contributed by atoms with van der Waals surface area (Å²) < 4.78 is 32.6. The van der Waals surface area contributed by atoms with Crippen molar-refractivity contribution in [2.24, 2.45) is 4.99 Å². The number of carbonyl (C=O) groups is 2. The maximum Gasteiger partial charge on any atom is 0.306 e. The molecule has 0 unspecified atom stereocenters. The predicted molar refractivity (Wildman–Crippen MR) is 162 cm³/mol. The Hall–Kier alpha value is -3.94. The number of esters is 1. The molecule has 1 amide bonds. The summed E-state index contributed by atoms with van der Waals surface area (Å²) in [7, 11) is 1.79. The lowest BCUT2D eigenvalue weighted by Gasteiger charge is -2.19. The smallest absolute Gasteiger partial charge is 0.306 e. The van der Waals surface area contributed by atoms with Gasteiger partial charge in [-0.05, 0) is 61.1 Å². The molecule has 4 rings (SSSR count). The summed E-state index contributed by atoms with van der Waals surface area (Å²) in [5.74, 6) is -3.10. The van der Waals surface area contributed by atoms with Gasteiger partial charge in [0.25, 0.3) is 5.92 Å². The fraction of sp³-hybridized carbons (Fsp3) is 0.412. The Morgan fingerprint density at radius 1 is 1.07 bits per heavy atom. The van der Waals surface area contributed by atoms with Crippen LogP contribution in [-0.2, 0) is 33.1 Å². The van der Waals surface area contributed by atoms with Crippen LogP contribution in [0.1, 0.15) is 86.9 Å². The van der Waals surface area contributed by atoms with Gasteiger partial charge in [0.2, 0.25) is 5.91 Å². The third kappa shape index (κ3) is 8.08. The van der Waals surface area contributed by atoms with Gasteiger partial charge < -0.3 is 10.1 Å². The molecule has 0 bridgehead atoms. The van der Waals surface area contributed by atoms with E-state index >= 15 is 0 Å². The van der Waals surface area contributed by atoms with E-state index in [1.54, 1.807) is 20.0 Å². The second-order valence-corrected chi connectivity index (χ2v) is 10.8. The molecule has 6 nitrogen and oxygen atoms in total. The third-order valence-electron chi connectivity index (χ3n) is 7.31. The fourth-order valence-electron chi connectivity index (χ4n) is 5.04. The highest BCUT2D eigenvalue weighted by molar-refractivity contribution is 6.07. The van der Waals surface area contributed by atoms with E-state index in [0.29, 0.717) is 24.6 Å². The quantitative estimate of drug-likeness (QED) is 0.168. The van der Waals surface area contributed by atoms with Crippen LogP contribution in [0.25, 0.3) is 11.1 Å². The molecular weight excluding hydrogens is 536 g/mol. The van der Waals surface area contributed by atoms with Gasteiger partial charge >= 0.3 is 5.97 Å². The van der Waals surface area contributed by atoms with Gasteiger partial charge in [-0.3, -0.25) is 19.6 Å². The Labute approximate surface area is 246 Å². The van der Waals surface area contributed by atoms with E-state index < -0.39 is 5.92 Å². The minimum atomic E-state index is -2.99. The number of pyridine rings is 1. The van der Waals surface area contributed by atoms with Gasteiger partial charge in [0, 0.05) is 54.5 Å². The maximum atomic E-state index is 13.7. The van der Waals surface area contributed by atoms with E-state index in [9.17, 15) is 18.4 Å². The average molecular weight is 576 g/mol. The van der Waals surface area contributed by atoms with Crippen LogP contribution in [0, 0.1) is 0 Å². The molecule has 1 saturated carbocycles. The molecule has 2 aromatic carbocycles. The normalized spacial score (nSPS) is 13.6. The van der Waals surface area contributed by atoms with Crippen LogP contribution in [0.2, 0.25) is 0 Å². The van der Waals surface area contributed by atoms with Crippen LogP contribution in [0.3, 0.4) is 0 Å². The van der Waals surface area contributed by atoms with Crippen molar-refractivity contribution < 1.29 is 23.1 Å². The largest absolute Gasteiger partial charge is 0.466 e. The first-order valence-corrected chi connectivity index (χ1v) is 14.7. The first-order valence-electron chi connectivity index (χ1n) is 14.7. The number of carbonyl (C=O) groups excluding carboxylic acids is 2. The third-order valence-corrected chi connectivity index (χ3v) is 7.31. The Morgan fingerprint density at radius 2 is 1.81 bits per heavy atom. The van der Waals surface area contributed by atoms with E-state index in [2.05, 4.69) is 23.3 Å². The number of nitrogens with zero attached hydrogens (tertiary/aromatic N) is 2. The van der Waals surface area contributed by atoms with Gasteiger partial charge in [0.1, 0.15) is 0 Å². The van der Waals surface area contributed by atoms with E-state index in [1.807, 2.05) is 24.3 Å². The highest BCUT2D eigenvalue weighted by Gasteiger charge is 2.29. The molecule has 42 heavy (non-hydrogen) atoms. The molecule has 3 aromatic rings. The van der Waals surface area contributed by atoms with Crippen molar-refractivity contribution in [3.8, 4) is 11.1 Å². The monoisotopic (exact) mass is 575 g/mol. The molecule has 1 heterocycles. The van der Waals surface area contributed by atoms with Crippen LogP contribution < -0.4 is 5.32 Å². The van der Waals surface area contributed by atoms with Gasteiger partial charge in [-0.25, -0.2) is 8.78 Å². The summed E-state index contributed by atoms with van der Waals surface area (Å²) in [5, 5.41) is 2.73. The molecule has 0 atom stereocenters. The Morgan fingerprint density at radius 3 is 2.43 bits per heavy atom. The lowest BCUT2D eigenvalue weighted by Crippen LogP contribution is -2.15. The summed E-state index contributed by atoms with van der Waals surface area (Å²) in [5.41, 5.74) is 6.79. The topological polar surface area (TPSA) is 80.7 Å². The summed E-state index contributed by atoms with van der Waals surface area (Å²) in [6.07, 6.45) is 4.71. The van der Waals surface area contributed by atoms with Crippen LogP contribution >= 0.6 is 0 Å². The van der Waals surface area contributed by atoms with Crippen molar-refractivity contribution in [3.63, 3.8) is 0 Å². The Bertz CT molecular complexity index is 1440. The van der Waals surface area contributed by atoms with Gasteiger partial charge in [0.05, 0.1) is 25.1 Å². The molecule has 1 aromatic heterocycles. The summed E-state index contributed by atoms with van der Waals surface area (Å²) >= 11 is 0. The number of aliphatic imine (C=N–C) groups is 1. The Kier molecular flexibility index (Phi) is 10.2. The van der Waals surface area contributed by atoms with Crippen LogP contribution in [0.15, 0.2) is 59.6 Å². The van der Waals surface area contributed by atoms with Gasteiger partial charge in [0.15, 0.2) is 0 Å². The van der Waals surface area contributed by atoms with E-state index in [-0.39, 0.29) is 30.3 Å². The molecule has 1 aliphatic carbocycles. The minimum absolute atomic E-state index is 0.103. The molecule has 0 saturated heterocycles. The van der Waals surface area contributed by atoms with E-state index in [4.69, 9.17) is 9.72 Å². The molecule has 1 N–H and O–H groups in total. The highest BCUT2D eigenvalue weighted by atomic mass is 19.3. The molecule has 0 spiro atoms. The summed E-state index contributed by atoms with van der Waals surface area (Å²) in [4.78, 5) is 34.6. The molecule has 1 fully saturated rings. The first kappa shape index (κ1) is 31.0. The van der Waals surface area contributed by atoms with Crippen molar-refractivity contribution in [2.45, 2.75) is 77.6 Å². The average Bonchev–Trinajstić information content (AvgIpc) is 3.81. The lowest BCUT2D eigenvalue weighted by atomic mass is 9.90. The zero-order chi connectivity index (χ0) is 30.3. The molecule has 222 valence electrons. The van der Waals surface area contributed by atoms with E-state index in [0.717, 1.165) is 72.0 Å². The Balaban J connectivity index is 1.61. The summed E-state index contributed by atoms with van der Waals surface area (Å²) in [6.45, 7) is 5.08. The standard InChI is InChI=1S/C34H39F2N3O3/c1-5-8-28(37-4)33-27(21-30(24-15-16-24)39-29(33)17-18-32(41)42-6-2)23-13-11-22(12-14-23)19-31(40)38-26-10-7-9-25(20-26)34(3,35)36/h7,9-14,20-21,24H,5-6,8,15-19H2,1-4H3,(H,38,40). The number of hydrogen-bond donors (Lipinski definition) is 1. The van der Waals surface area contributed by atoms with Crippen molar-refractivity contribution in [3.05, 3.63) is 82.7 Å². The zero-order valence-electron chi connectivity index (χ0n) is 24.8. The second-order valence-electron chi connectivity index (χ2n) is 10.8. The van der Waals surface area contributed by atoms with Crippen LogP contribution in [0.4, 0.5) is 14.5 Å². The molecule has 8 heteroatoms. The number of amides is 1. The summed E-state index contributed by atoms with van der Waals surface area (Å²) in [6, 6.07) is 15.7. The number of aromatic nitrogens is 1. The van der Waals surface area contributed by atoms with Crippen LogP contribution in [-0.4, -0.2) is 36.2 Å². The number of halogens is 2. The van der Waals surface area contributed by atoms with Gasteiger partial charge in [-0.1, -0.05) is 49.7 Å². The number of nitrogens with one attached hydrogen (secondary N) is 1. The number of rotatable bonds is 13. The minimum Gasteiger partial charge on any atom is -0.466 e. The number of ether oxygens (including phenoxy) is 1. The molecular formula is C34H39F2N3O3. The van der Waals surface area contributed by atoms with Crippen LogP contribution in [0.5, 0.6) is 0 Å². The van der Waals surface area contributed by atoms with Crippen molar-refractivity contribution >= 4 is 23.3 Å². The first-order chi connectivity index (χ1) is 20.1. The van der Waals surface area contributed by atoms with Crippen molar-refractivity contribution in [1.82, 2.24) is 4.98 Å². The van der Waals surface area contributed by atoms with Gasteiger partial charge in [-0.2, -0.15) is 0 Å². The number of anilines is 1. The van der Waals surface area contributed by atoms with E-state index in [1.165, 1.54) is 18.2 Å². The number of hydrogen-bond acceptors (Lipinski definition) is 5. The number of alkyl halides is 2. The number of benzene rings is 2. The zero-order valence-corrected chi connectivity index (χ0v) is 24.8. The number of aryl methyl sites for hydroxylation is 1. The fourth-order valence-corrected chi connectivity index (χ4v) is 5.04. The van der Waals surface area contributed by atoms with Gasteiger partial charge in [-0.15, -0.1) is 0 Å². The second kappa shape index (κ2) is 13.8. The molecule has 0 aliphatic heterocycles. The SMILES string of the molecule is CCCC(=NC)c1c(-c2ccc(CC(=O)Nc3cccc(C(C)(F)F)c3)cc2)cc(C2CC2)nc1CCC(=O)OCC. The molecule has 1 aliphatic rings. The lowest BCUT2D eigenvalue weighted by molar-refractivity contribution is -0.143. The van der Waals surface area contributed by atoms with Crippen molar-refractivity contribution in [2.75, 3.05) is 19.0 Å². The molecule has 0 radical (unpaired) electrons. The maximum absolute atomic E-state index is 13.7.